The van der Waals surface area contributed by atoms with Crippen molar-refractivity contribution in [2.24, 2.45) is 4.99 Å². The third kappa shape index (κ3) is 6.10. The van der Waals surface area contributed by atoms with Gasteiger partial charge in [0.15, 0.2) is 0 Å². The largest absolute Gasteiger partial charge is 0.350 e. The lowest BCUT2D eigenvalue weighted by Gasteiger charge is -2.32. The van der Waals surface area contributed by atoms with E-state index in [2.05, 4.69) is 194 Å². The Morgan fingerprint density at radius 1 is 0.509 bits per heavy atom. The first-order valence-corrected chi connectivity index (χ1v) is 19.6. The van der Waals surface area contributed by atoms with Gasteiger partial charge in [-0.3, -0.25) is 5.32 Å². The van der Waals surface area contributed by atoms with Gasteiger partial charge in [-0.25, -0.2) is 4.99 Å². The normalized spacial score (nSPS) is 16.5. The van der Waals surface area contributed by atoms with E-state index in [4.69, 9.17) is 4.99 Å². The minimum absolute atomic E-state index is 0.0896. The van der Waals surface area contributed by atoms with E-state index in [1.807, 2.05) is 18.2 Å². The van der Waals surface area contributed by atoms with Gasteiger partial charge in [0.25, 0.3) is 0 Å². The van der Waals surface area contributed by atoms with Crippen molar-refractivity contribution in [3.63, 3.8) is 0 Å². The zero-order valence-corrected chi connectivity index (χ0v) is 31.9. The van der Waals surface area contributed by atoms with Gasteiger partial charge in [0.1, 0.15) is 18.2 Å². The van der Waals surface area contributed by atoms with Gasteiger partial charge in [0.05, 0.1) is 11.6 Å². The molecule has 2 N–H and O–H groups in total. The first-order valence-electron chi connectivity index (χ1n) is 19.6. The van der Waals surface area contributed by atoms with Crippen LogP contribution in [0.3, 0.4) is 0 Å². The standard InChI is InChI=1S/C53H40N4/c1-53(2)47-19-11-18-43(49(47)44-29-20-34(33-54)30-48(44)53)35-21-23-36(24-22-35)45-31-41-16-9-10-17-42(41)32-46(45)37-25-27-40(28-26-37)52-56-50(38-12-5-3-6-13-38)55-51(57-52)39-14-7-4-8-15-39/h3-32,50,52,56H,1-2H3,(H,55,57). The fourth-order valence-corrected chi connectivity index (χ4v) is 8.78. The third-order valence-corrected chi connectivity index (χ3v) is 11.8. The summed E-state index contributed by atoms with van der Waals surface area (Å²) in [5.74, 6) is 0.874. The summed E-state index contributed by atoms with van der Waals surface area (Å²) < 4.78 is 0. The van der Waals surface area contributed by atoms with Crippen molar-refractivity contribution in [2.45, 2.75) is 31.6 Å². The maximum absolute atomic E-state index is 9.66. The molecule has 10 rings (SSSR count). The predicted molar refractivity (Wildman–Crippen MR) is 234 cm³/mol. The molecule has 8 aromatic rings. The molecule has 0 amide bonds. The third-order valence-electron chi connectivity index (χ3n) is 11.8. The average molecular weight is 733 g/mol. The van der Waals surface area contributed by atoms with E-state index < -0.39 is 0 Å². The predicted octanol–water partition coefficient (Wildman–Crippen LogP) is 12.4. The average Bonchev–Trinajstić information content (AvgIpc) is 3.51. The second-order valence-corrected chi connectivity index (χ2v) is 15.6. The highest BCUT2D eigenvalue weighted by Gasteiger charge is 2.37. The topological polar surface area (TPSA) is 60.2 Å². The van der Waals surface area contributed by atoms with E-state index in [0.717, 1.165) is 28.1 Å². The van der Waals surface area contributed by atoms with Gasteiger partial charge in [0, 0.05) is 11.0 Å². The summed E-state index contributed by atoms with van der Waals surface area (Å²) in [6.45, 7) is 4.53. The fraction of sp³-hybridized carbons (Fsp3) is 0.0943. The van der Waals surface area contributed by atoms with Crippen LogP contribution in [-0.4, -0.2) is 5.84 Å². The van der Waals surface area contributed by atoms with Gasteiger partial charge in [0.2, 0.25) is 0 Å². The number of hydrogen-bond acceptors (Lipinski definition) is 4. The summed E-state index contributed by atoms with van der Waals surface area (Å²) in [5, 5.41) is 19.5. The summed E-state index contributed by atoms with van der Waals surface area (Å²) >= 11 is 0. The summed E-state index contributed by atoms with van der Waals surface area (Å²) in [4.78, 5) is 5.17. The van der Waals surface area contributed by atoms with Gasteiger partial charge < -0.3 is 5.32 Å². The first-order chi connectivity index (χ1) is 27.9. The maximum atomic E-state index is 9.66. The van der Waals surface area contributed by atoms with Crippen molar-refractivity contribution >= 4 is 16.6 Å². The lowest BCUT2D eigenvalue weighted by atomic mass is 9.81. The number of amidine groups is 1. The van der Waals surface area contributed by atoms with Gasteiger partial charge >= 0.3 is 0 Å². The quantitative estimate of drug-likeness (QED) is 0.179. The number of benzene rings is 8. The second-order valence-electron chi connectivity index (χ2n) is 15.6. The summed E-state index contributed by atoms with van der Waals surface area (Å²) in [6, 6.07) is 67.1. The molecule has 4 nitrogen and oxygen atoms in total. The van der Waals surface area contributed by atoms with Crippen molar-refractivity contribution in [3.8, 4) is 50.6 Å². The lowest BCUT2D eigenvalue weighted by Crippen LogP contribution is -2.44. The van der Waals surface area contributed by atoms with Crippen LogP contribution in [0.25, 0.3) is 55.3 Å². The molecule has 0 aromatic heterocycles. The molecule has 0 spiro atoms. The Labute approximate surface area is 333 Å². The number of aliphatic imine (C=N–C) groups is 1. The highest BCUT2D eigenvalue weighted by Crippen LogP contribution is 2.52. The molecule has 1 aliphatic heterocycles. The van der Waals surface area contributed by atoms with Gasteiger partial charge in [-0.15, -0.1) is 0 Å². The molecular weight excluding hydrogens is 693 g/mol. The zero-order valence-electron chi connectivity index (χ0n) is 31.9. The molecule has 2 atom stereocenters. The van der Waals surface area contributed by atoms with Gasteiger partial charge in [-0.05, 0) is 102 Å². The maximum Gasteiger partial charge on any atom is 0.131 e. The van der Waals surface area contributed by atoms with Crippen LogP contribution in [0.2, 0.25) is 0 Å². The van der Waals surface area contributed by atoms with Crippen LogP contribution >= 0.6 is 0 Å². The molecule has 4 heteroatoms. The summed E-state index contributed by atoms with van der Waals surface area (Å²) in [5.41, 5.74) is 15.9. The van der Waals surface area contributed by atoms with Crippen molar-refractivity contribution in [1.29, 1.82) is 5.26 Å². The molecule has 57 heavy (non-hydrogen) atoms. The van der Waals surface area contributed by atoms with Crippen LogP contribution in [-0.2, 0) is 5.41 Å². The highest BCUT2D eigenvalue weighted by molar-refractivity contribution is 6.00. The van der Waals surface area contributed by atoms with Crippen LogP contribution < -0.4 is 10.6 Å². The molecule has 0 saturated heterocycles. The van der Waals surface area contributed by atoms with Crippen LogP contribution in [0.1, 0.15) is 59.6 Å². The van der Waals surface area contributed by atoms with Gasteiger partial charge in [-0.2, -0.15) is 5.26 Å². The Balaban J connectivity index is 1.02. The molecule has 1 heterocycles. The van der Waals surface area contributed by atoms with E-state index in [9.17, 15) is 5.26 Å². The number of nitrogens with one attached hydrogen (secondary N) is 2. The van der Waals surface area contributed by atoms with Crippen LogP contribution in [0.4, 0.5) is 0 Å². The minimum Gasteiger partial charge on any atom is -0.350 e. The minimum atomic E-state index is -0.227. The molecule has 0 fully saturated rings. The van der Waals surface area contributed by atoms with Crippen molar-refractivity contribution in [1.82, 2.24) is 10.6 Å². The van der Waals surface area contributed by atoms with E-state index in [1.165, 1.54) is 60.8 Å². The van der Waals surface area contributed by atoms with E-state index >= 15 is 0 Å². The second kappa shape index (κ2) is 13.9. The Morgan fingerprint density at radius 2 is 1.11 bits per heavy atom. The number of nitriles is 1. The smallest absolute Gasteiger partial charge is 0.131 e. The number of hydrogen-bond donors (Lipinski definition) is 2. The molecule has 0 radical (unpaired) electrons. The SMILES string of the molecule is CC1(C)c2cc(C#N)ccc2-c2c(-c3ccc(-c4cc5ccccc5cc4-c4ccc(C5N=C(c6ccccc6)NC(c6ccccc6)N5)cc4)cc3)cccc21. The van der Waals surface area contributed by atoms with Crippen molar-refractivity contribution < 1.29 is 0 Å². The Morgan fingerprint density at radius 3 is 1.75 bits per heavy atom. The van der Waals surface area contributed by atoms with Crippen LogP contribution in [0.5, 0.6) is 0 Å². The van der Waals surface area contributed by atoms with Crippen LogP contribution in [0, 0.1) is 11.3 Å². The molecule has 272 valence electrons. The van der Waals surface area contributed by atoms with Gasteiger partial charge in [-0.1, -0.05) is 172 Å². The first kappa shape index (κ1) is 34.4. The number of rotatable bonds is 6. The van der Waals surface area contributed by atoms with Crippen LogP contribution in [0.15, 0.2) is 187 Å². The molecule has 8 aromatic carbocycles. The van der Waals surface area contributed by atoms with E-state index in [-0.39, 0.29) is 17.7 Å². The highest BCUT2D eigenvalue weighted by atomic mass is 15.3. The number of fused-ring (bicyclic) bond motifs is 4. The Kier molecular flexibility index (Phi) is 8.40. The molecule has 2 aliphatic rings. The Bertz CT molecular complexity index is 2870. The lowest BCUT2D eigenvalue weighted by molar-refractivity contribution is 0.409. The van der Waals surface area contributed by atoms with E-state index in [0.29, 0.717) is 5.56 Å². The molecule has 0 bridgehead atoms. The molecule has 1 aliphatic carbocycles. The summed E-state index contributed by atoms with van der Waals surface area (Å²) in [6.07, 6.45) is -0.317. The Hall–Kier alpha value is -7.06. The molecule has 0 saturated carbocycles. The molecule has 2 unspecified atom stereocenters. The number of nitrogens with zero attached hydrogens (tertiary/aromatic N) is 2. The van der Waals surface area contributed by atoms with Crippen molar-refractivity contribution in [3.05, 3.63) is 215 Å². The summed E-state index contributed by atoms with van der Waals surface area (Å²) in [7, 11) is 0. The monoisotopic (exact) mass is 732 g/mol. The molecular formula is C53H40N4. The van der Waals surface area contributed by atoms with E-state index in [1.54, 1.807) is 0 Å². The van der Waals surface area contributed by atoms with Crippen molar-refractivity contribution in [2.75, 3.05) is 0 Å². The fourth-order valence-electron chi connectivity index (χ4n) is 8.78. The zero-order chi connectivity index (χ0) is 38.5.